The fraction of sp³-hybridized carbons (Fsp3) is 0.588. The molecule has 1 aromatic rings. The van der Waals surface area contributed by atoms with Crippen molar-refractivity contribution in [2.75, 3.05) is 19.6 Å². The SMILES string of the molecule is C[C@@H]1CN(Cc2cccc(Cl)c2)CCN1C(=O)OC(C)(C)C. The van der Waals surface area contributed by atoms with E-state index in [1.165, 1.54) is 5.56 Å². The normalized spacial score (nSPS) is 20.0. The predicted molar refractivity (Wildman–Crippen MR) is 89.1 cm³/mol. The molecule has 1 amide bonds. The predicted octanol–water partition coefficient (Wildman–Crippen LogP) is 3.78. The molecule has 0 spiro atoms. The zero-order chi connectivity index (χ0) is 16.3. The van der Waals surface area contributed by atoms with Crippen molar-refractivity contribution in [3.05, 3.63) is 34.9 Å². The first-order valence-electron chi connectivity index (χ1n) is 7.71. The Balaban J connectivity index is 1.91. The molecule has 1 aliphatic rings. The number of ether oxygens (including phenoxy) is 1. The van der Waals surface area contributed by atoms with Gasteiger partial charge < -0.3 is 9.64 Å². The average molecular weight is 325 g/mol. The first-order valence-corrected chi connectivity index (χ1v) is 8.09. The fourth-order valence-corrected chi connectivity index (χ4v) is 2.87. The number of nitrogens with zero attached hydrogens (tertiary/aromatic N) is 2. The van der Waals surface area contributed by atoms with Gasteiger partial charge in [0.25, 0.3) is 0 Å². The molecule has 1 aromatic carbocycles. The molecule has 122 valence electrons. The first-order chi connectivity index (χ1) is 10.2. The summed E-state index contributed by atoms with van der Waals surface area (Å²) >= 11 is 6.03. The summed E-state index contributed by atoms with van der Waals surface area (Å²) in [5, 5.41) is 0.762. The standard InChI is InChI=1S/C17H25ClN2O2/c1-13-11-19(12-14-6-5-7-15(18)10-14)8-9-20(13)16(21)22-17(2,3)4/h5-7,10,13H,8-9,11-12H2,1-4H3/t13-/m1/s1. The van der Waals surface area contributed by atoms with Crippen LogP contribution in [-0.2, 0) is 11.3 Å². The van der Waals surface area contributed by atoms with Crippen molar-refractivity contribution in [2.45, 2.75) is 45.9 Å². The van der Waals surface area contributed by atoms with Gasteiger partial charge in [-0.15, -0.1) is 0 Å². The Morgan fingerprint density at radius 2 is 2.09 bits per heavy atom. The molecule has 1 atom stereocenters. The second-order valence-corrected chi connectivity index (χ2v) is 7.32. The average Bonchev–Trinajstić information content (AvgIpc) is 2.36. The number of carbonyl (C=O) groups excluding carboxylic acids is 1. The van der Waals surface area contributed by atoms with Gasteiger partial charge in [-0.05, 0) is 45.4 Å². The zero-order valence-electron chi connectivity index (χ0n) is 13.8. The molecule has 0 saturated carbocycles. The summed E-state index contributed by atoms with van der Waals surface area (Å²) in [7, 11) is 0. The van der Waals surface area contributed by atoms with Crippen molar-refractivity contribution in [3.63, 3.8) is 0 Å². The molecule has 5 heteroatoms. The third-order valence-electron chi connectivity index (χ3n) is 3.63. The van der Waals surface area contributed by atoms with Crippen molar-refractivity contribution < 1.29 is 9.53 Å². The highest BCUT2D eigenvalue weighted by Crippen LogP contribution is 2.18. The molecular weight excluding hydrogens is 300 g/mol. The summed E-state index contributed by atoms with van der Waals surface area (Å²) in [5.74, 6) is 0. The Morgan fingerprint density at radius 1 is 1.36 bits per heavy atom. The van der Waals surface area contributed by atoms with Crippen LogP contribution < -0.4 is 0 Å². The van der Waals surface area contributed by atoms with Gasteiger partial charge in [0.1, 0.15) is 5.60 Å². The number of hydrogen-bond acceptors (Lipinski definition) is 3. The number of piperazine rings is 1. The summed E-state index contributed by atoms with van der Waals surface area (Å²) < 4.78 is 5.47. The van der Waals surface area contributed by atoms with Crippen molar-refractivity contribution in [2.24, 2.45) is 0 Å². The van der Waals surface area contributed by atoms with Crippen LogP contribution in [0.1, 0.15) is 33.3 Å². The summed E-state index contributed by atoms with van der Waals surface area (Å²) in [4.78, 5) is 16.4. The maximum atomic E-state index is 12.2. The molecule has 0 radical (unpaired) electrons. The van der Waals surface area contributed by atoms with Gasteiger partial charge >= 0.3 is 6.09 Å². The molecule has 1 aliphatic heterocycles. The van der Waals surface area contributed by atoms with Crippen LogP contribution in [0.4, 0.5) is 4.79 Å². The fourth-order valence-electron chi connectivity index (χ4n) is 2.66. The molecule has 22 heavy (non-hydrogen) atoms. The first kappa shape index (κ1) is 17.1. The van der Waals surface area contributed by atoms with E-state index in [1.54, 1.807) is 0 Å². The van der Waals surface area contributed by atoms with E-state index in [0.29, 0.717) is 6.54 Å². The maximum absolute atomic E-state index is 12.2. The lowest BCUT2D eigenvalue weighted by atomic mass is 10.1. The van der Waals surface area contributed by atoms with Crippen LogP contribution in [-0.4, -0.2) is 47.2 Å². The highest BCUT2D eigenvalue weighted by Gasteiger charge is 2.30. The van der Waals surface area contributed by atoms with Crippen LogP contribution in [0, 0.1) is 0 Å². The van der Waals surface area contributed by atoms with Crippen LogP contribution in [0.5, 0.6) is 0 Å². The summed E-state index contributed by atoms with van der Waals surface area (Å²) in [5.41, 5.74) is 0.750. The second kappa shape index (κ2) is 6.88. The van der Waals surface area contributed by atoms with Gasteiger partial charge in [-0.25, -0.2) is 4.79 Å². The molecular formula is C17H25ClN2O2. The minimum absolute atomic E-state index is 0.141. The lowest BCUT2D eigenvalue weighted by molar-refractivity contribution is 0.000565. The van der Waals surface area contributed by atoms with E-state index in [0.717, 1.165) is 24.7 Å². The van der Waals surface area contributed by atoms with Gasteiger partial charge in [-0.3, -0.25) is 4.90 Å². The van der Waals surface area contributed by atoms with Gasteiger partial charge in [0.05, 0.1) is 0 Å². The van der Waals surface area contributed by atoms with E-state index in [1.807, 2.05) is 43.9 Å². The lowest BCUT2D eigenvalue weighted by Crippen LogP contribution is -2.54. The lowest BCUT2D eigenvalue weighted by Gasteiger charge is -2.40. The van der Waals surface area contributed by atoms with E-state index in [-0.39, 0.29) is 12.1 Å². The molecule has 0 N–H and O–H groups in total. The number of rotatable bonds is 2. The van der Waals surface area contributed by atoms with Crippen LogP contribution in [0.15, 0.2) is 24.3 Å². The minimum Gasteiger partial charge on any atom is -0.444 e. The van der Waals surface area contributed by atoms with Crippen LogP contribution in [0.3, 0.4) is 0 Å². The Hall–Kier alpha value is -1.26. The van der Waals surface area contributed by atoms with Crippen molar-refractivity contribution in [3.8, 4) is 0 Å². The third kappa shape index (κ3) is 4.89. The number of amides is 1. The van der Waals surface area contributed by atoms with Crippen LogP contribution in [0.2, 0.25) is 5.02 Å². The number of hydrogen-bond donors (Lipinski definition) is 0. The maximum Gasteiger partial charge on any atom is 0.410 e. The zero-order valence-corrected chi connectivity index (χ0v) is 14.6. The Morgan fingerprint density at radius 3 is 2.68 bits per heavy atom. The Bertz CT molecular complexity index is 528. The molecule has 1 fully saturated rings. The van der Waals surface area contributed by atoms with Crippen molar-refractivity contribution in [1.82, 2.24) is 9.80 Å². The molecule has 0 unspecified atom stereocenters. The van der Waals surface area contributed by atoms with Crippen molar-refractivity contribution >= 4 is 17.7 Å². The van der Waals surface area contributed by atoms with E-state index in [4.69, 9.17) is 16.3 Å². The van der Waals surface area contributed by atoms with E-state index < -0.39 is 5.60 Å². The highest BCUT2D eigenvalue weighted by molar-refractivity contribution is 6.30. The molecule has 2 rings (SSSR count). The third-order valence-corrected chi connectivity index (χ3v) is 3.87. The molecule has 0 aromatic heterocycles. The van der Waals surface area contributed by atoms with E-state index in [9.17, 15) is 4.79 Å². The monoisotopic (exact) mass is 324 g/mol. The van der Waals surface area contributed by atoms with Gasteiger partial charge in [-0.1, -0.05) is 23.7 Å². The second-order valence-electron chi connectivity index (χ2n) is 6.89. The molecule has 0 bridgehead atoms. The summed E-state index contributed by atoms with van der Waals surface area (Å²) in [6.07, 6.45) is -0.220. The van der Waals surface area contributed by atoms with Crippen LogP contribution in [0.25, 0.3) is 0 Å². The topological polar surface area (TPSA) is 32.8 Å². The summed E-state index contributed by atoms with van der Waals surface area (Å²) in [6.45, 7) is 11.0. The highest BCUT2D eigenvalue weighted by atomic mass is 35.5. The van der Waals surface area contributed by atoms with Gasteiger partial charge in [0.2, 0.25) is 0 Å². The Labute approximate surface area is 138 Å². The Kier molecular flexibility index (Phi) is 5.35. The molecule has 0 aliphatic carbocycles. The minimum atomic E-state index is -0.450. The molecule has 1 saturated heterocycles. The number of halogens is 1. The van der Waals surface area contributed by atoms with Gasteiger partial charge in [-0.2, -0.15) is 0 Å². The molecule has 1 heterocycles. The van der Waals surface area contributed by atoms with Gasteiger partial charge in [0, 0.05) is 37.2 Å². The number of carbonyl (C=O) groups is 1. The van der Waals surface area contributed by atoms with Gasteiger partial charge in [0.15, 0.2) is 0 Å². The molecule has 4 nitrogen and oxygen atoms in total. The largest absolute Gasteiger partial charge is 0.444 e. The smallest absolute Gasteiger partial charge is 0.410 e. The van der Waals surface area contributed by atoms with E-state index in [2.05, 4.69) is 17.9 Å². The van der Waals surface area contributed by atoms with Crippen LogP contribution >= 0.6 is 11.6 Å². The van der Waals surface area contributed by atoms with Crippen molar-refractivity contribution in [1.29, 1.82) is 0 Å². The quantitative estimate of drug-likeness (QED) is 0.830. The number of benzene rings is 1. The van der Waals surface area contributed by atoms with E-state index >= 15 is 0 Å². The summed E-state index contributed by atoms with van der Waals surface area (Å²) in [6, 6.07) is 8.07.